The zero-order valence-electron chi connectivity index (χ0n) is 14.0. The van der Waals surface area contributed by atoms with Crippen LogP contribution in [0, 0.1) is 0 Å². The number of aryl methyl sites for hydroxylation is 1. The average Bonchev–Trinajstić information content (AvgIpc) is 3.09. The number of rotatable bonds is 6. The Morgan fingerprint density at radius 2 is 2.17 bits per heavy atom. The second kappa shape index (κ2) is 7.90. The molecule has 128 valence electrons. The van der Waals surface area contributed by atoms with Gasteiger partial charge >= 0.3 is 6.03 Å². The van der Waals surface area contributed by atoms with E-state index in [9.17, 15) is 4.79 Å². The molecule has 0 spiro atoms. The van der Waals surface area contributed by atoms with E-state index in [4.69, 9.17) is 9.15 Å². The molecule has 1 aromatic heterocycles. The molecule has 1 N–H and O–H groups in total. The SMILES string of the molecule is CN(CCCOc1ccccc1)C(=O)NC1CCCc2occc21. The second-order valence-electron chi connectivity index (χ2n) is 6.13. The van der Waals surface area contributed by atoms with Crippen LogP contribution in [0.5, 0.6) is 5.75 Å². The number of urea groups is 1. The zero-order valence-corrected chi connectivity index (χ0v) is 14.0. The molecule has 1 aliphatic rings. The minimum absolute atomic E-state index is 0.0474. The fourth-order valence-electron chi connectivity index (χ4n) is 3.01. The predicted octanol–water partition coefficient (Wildman–Crippen LogP) is 3.77. The first-order valence-electron chi connectivity index (χ1n) is 8.50. The molecule has 0 fully saturated rings. The first-order chi connectivity index (χ1) is 11.7. The van der Waals surface area contributed by atoms with E-state index in [-0.39, 0.29) is 12.1 Å². The van der Waals surface area contributed by atoms with Crippen molar-refractivity contribution in [2.75, 3.05) is 20.2 Å². The van der Waals surface area contributed by atoms with Crippen molar-refractivity contribution in [3.63, 3.8) is 0 Å². The highest BCUT2D eigenvalue weighted by Gasteiger charge is 2.24. The Morgan fingerprint density at radius 3 is 3.00 bits per heavy atom. The van der Waals surface area contributed by atoms with Crippen LogP contribution < -0.4 is 10.1 Å². The lowest BCUT2D eigenvalue weighted by molar-refractivity contribution is 0.197. The molecule has 2 amide bonds. The Bertz CT molecular complexity index is 654. The van der Waals surface area contributed by atoms with Crippen molar-refractivity contribution in [2.45, 2.75) is 31.7 Å². The highest BCUT2D eigenvalue weighted by Crippen LogP contribution is 2.30. The van der Waals surface area contributed by atoms with Crippen LogP contribution in [0.25, 0.3) is 0 Å². The molecule has 5 heteroatoms. The van der Waals surface area contributed by atoms with Crippen LogP contribution in [0.15, 0.2) is 47.1 Å². The molecular formula is C19H24N2O3. The first-order valence-corrected chi connectivity index (χ1v) is 8.50. The highest BCUT2D eigenvalue weighted by molar-refractivity contribution is 5.74. The third kappa shape index (κ3) is 4.10. The number of nitrogens with one attached hydrogen (secondary N) is 1. The number of benzene rings is 1. The minimum atomic E-state index is -0.0474. The van der Waals surface area contributed by atoms with Gasteiger partial charge in [-0.25, -0.2) is 4.79 Å². The van der Waals surface area contributed by atoms with Crippen LogP contribution in [0.3, 0.4) is 0 Å². The molecule has 3 rings (SSSR count). The molecule has 0 radical (unpaired) electrons. The fourth-order valence-corrected chi connectivity index (χ4v) is 3.01. The van der Waals surface area contributed by atoms with Crippen LogP contribution in [0.2, 0.25) is 0 Å². The van der Waals surface area contributed by atoms with Crippen LogP contribution >= 0.6 is 0 Å². The molecule has 1 atom stereocenters. The van der Waals surface area contributed by atoms with Crippen molar-refractivity contribution < 1.29 is 13.9 Å². The molecule has 24 heavy (non-hydrogen) atoms. The first kappa shape index (κ1) is 16.4. The van der Waals surface area contributed by atoms with Gasteiger partial charge in [-0.1, -0.05) is 18.2 Å². The van der Waals surface area contributed by atoms with Crippen molar-refractivity contribution >= 4 is 6.03 Å². The van der Waals surface area contributed by atoms with E-state index < -0.39 is 0 Å². The molecular weight excluding hydrogens is 304 g/mol. The number of para-hydroxylation sites is 1. The standard InChI is InChI=1S/C19H24N2O3/c1-21(12-6-13-23-15-7-3-2-4-8-15)19(22)20-17-9-5-10-18-16(17)11-14-24-18/h2-4,7-8,11,14,17H,5-6,9-10,12-13H2,1H3,(H,20,22). The van der Waals surface area contributed by atoms with Gasteiger partial charge in [-0.15, -0.1) is 0 Å². The van der Waals surface area contributed by atoms with Gasteiger partial charge in [0.2, 0.25) is 0 Å². The summed E-state index contributed by atoms with van der Waals surface area (Å²) in [5.41, 5.74) is 1.12. The Kier molecular flexibility index (Phi) is 5.41. The Morgan fingerprint density at radius 1 is 1.33 bits per heavy atom. The van der Waals surface area contributed by atoms with Crippen molar-refractivity contribution in [3.8, 4) is 5.75 Å². The molecule has 0 aliphatic heterocycles. The van der Waals surface area contributed by atoms with Gasteiger partial charge < -0.3 is 19.4 Å². The molecule has 0 bridgehead atoms. The second-order valence-corrected chi connectivity index (χ2v) is 6.13. The Hall–Kier alpha value is -2.43. The minimum Gasteiger partial charge on any atom is -0.494 e. The van der Waals surface area contributed by atoms with Crippen LogP contribution in [0.4, 0.5) is 4.79 Å². The predicted molar refractivity (Wildman–Crippen MR) is 92.1 cm³/mol. The quantitative estimate of drug-likeness (QED) is 0.821. The van der Waals surface area contributed by atoms with Crippen molar-refractivity contribution in [3.05, 3.63) is 54.0 Å². The largest absolute Gasteiger partial charge is 0.494 e. The lowest BCUT2D eigenvalue weighted by atomic mass is 9.93. The van der Waals surface area contributed by atoms with E-state index in [1.54, 1.807) is 11.2 Å². The van der Waals surface area contributed by atoms with Gasteiger partial charge in [-0.05, 0) is 37.5 Å². The molecule has 5 nitrogen and oxygen atoms in total. The van der Waals surface area contributed by atoms with E-state index in [1.807, 2.05) is 43.4 Å². The van der Waals surface area contributed by atoms with Crippen molar-refractivity contribution in [2.24, 2.45) is 0 Å². The summed E-state index contributed by atoms with van der Waals surface area (Å²) >= 11 is 0. The third-order valence-corrected chi connectivity index (χ3v) is 4.35. The number of fused-ring (bicyclic) bond motifs is 1. The number of hydrogen-bond donors (Lipinski definition) is 1. The van der Waals surface area contributed by atoms with E-state index in [2.05, 4.69) is 5.32 Å². The van der Waals surface area contributed by atoms with Gasteiger partial charge in [0, 0.05) is 25.6 Å². The molecule has 1 aliphatic carbocycles. The van der Waals surface area contributed by atoms with Gasteiger partial charge in [0.05, 0.1) is 18.9 Å². The Balaban J connectivity index is 1.41. The molecule has 1 heterocycles. The third-order valence-electron chi connectivity index (χ3n) is 4.35. The summed E-state index contributed by atoms with van der Waals surface area (Å²) < 4.78 is 11.1. The monoisotopic (exact) mass is 328 g/mol. The highest BCUT2D eigenvalue weighted by atomic mass is 16.5. The maximum atomic E-state index is 12.4. The van der Waals surface area contributed by atoms with E-state index in [0.29, 0.717) is 13.2 Å². The molecule has 1 aromatic carbocycles. The number of furan rings is 1. The summed E-state index contributed by atoms with van der Waals surface area (Å²) in [6.07, 6.45) is 5.46. The molecule has 1 unspecified atom stereocenters. The zero-order chi connectivity index (χ0) is 16.8. The van der Waals surface area contributed by atoms with Gasteiger partial charge in [0.1, 0.15) is 11.5 Å². The van der Waals surface area contributed by atoms with Gasteiger partial charge in [-0.3, -0.25) is 0 Å². The van der Waals surface area contributed by atoms with Crippen LogP contribution in [-0.4, -0.2) is 31.1 Å². The molecule has 0 saturated carbocycles. The maximum absolute atomic E-state index is 12.4. The fraction of sp³-hybridized carbons (Fsp3) is 0.421. The number of ether oxygens (including phenoxy) is 1. The number of hydrogen-bond acceptors (Lipinski definition) is 3. The van der Waals surface area contributed by atoms with Crippen molar-refractivity contribution in [1.29, 1.82) is 0 Å². The van der Waals surface area contributed by atoms with Gasteiger partial charge in [-0.2, -0.15) is 0 Å². The van der Waals surface area contributed by atoms with Crippen molar-refractivity contribution in [1.82, 2.24) is 10.2 Å². The summed E-state index contributed by atoms with van der Waals surface area (Å²) in [5, 5.41) is 3.11. The van der Waals surface area contributed by atoms with Gasteiger partial charge in [0.15, 0.2) is 0 Å². The van der Waals surface area contributed by atoms with Crippen LogP contribution in [0.1, 0.15) is 36.6 Å². The van der Waals surface area contributed by atoms with Gasteiger partial charge in [0.25, 0.3) is 0 Å². The summed E-state index contributed by atoms with van der Waals surface area (Å²) in [7, 11) is 1.82. The number of carbonyl (C=O) groups excluding carboxylic acids is 1. The van der Waals surface area contributed by atoms with Crippen LogP contribution in [-0.2, 0) is 6.42 Å². The average molecular weight is 328 g/mol. The maximum Gasteiger partial charge on any atom is 0.317 e. The number of amides is 2. The Labute approximate surface area is 142 Å². The summed E-state index contributed by atoms with van der Waals surface area (Å²) in [5.74, 6) is 1.87. The summed E-state index contributed by atoms with van der Waals surface area (Å²) in [6.45, 7) is 1.25. The molecule has 2 aromatic rings. The van der Waals surface area contributed by atoms with E-state index >= 15 is 0 Å². The van der Waals surface area contributed by atoms with E-state index in [1.165, 1.54) is 0 Å². The summed E-state index contributed by atoms with van der Waals surface area (Å²) in [6, 6.07) is 11.7. The topological polar surface area (TPSA) is 54.7 Å². The number of carbonyl (C=O) groups is 1. The number of nitrogens with zero attached hydrogens (tertiary/aromatic N) is 1. The molecule has 0 saturated heterocycles. The lowest BCUT2D eigenvalue weighted by Gasteiger charge is -2.26. The summed E-state index contributed by atoms with van der Waals surface area (Å²) in [4.78, 5) is 14.1. The normalized spacial score (nSPS) is 16.3. The van der Waals surface area contributed by atoms with E-state index in [0.717, 1.165) is 42.8 Å². The lowest BCUT2D eigenvalue weighted by Crippen LogP contribution is -2.40. The smallest absolute Gasteiger partial charge is 0.317 e.